The summed E-state index contributed by atoms with van der Waals surface area (Å²) < 4.78 is 0.711. The molecule has 19 heavy (non-hydrogen) atoms. The van der Waals surface area contributed by atoms with E-state index < -0.39 is 0 Å². The quantitative estimate of drug-likeness (QED) is 0.635. The molecule has 0 amide bonds. The Morgan fingerprint density at radius 1 is 1.16 bits per heavy atom. The zero-order chi connectivity index (χ0) is 13.2. The van der Waals surface area contributed by atoms with Crippen molar-refractivity contribution in [3.63, 3.8) is 0 Å². The molecule has 0 atom stereocenters. The predicted octanol–water partition coefficient (Wildman–Crippen LogP) is 4.12. The number of aromatic amines is 1. The molecule has 0 saturated heterocycles. The van der Waals surface area contributed by atoms with Gasteiger partial charge in [0.25, 0.3) is 0 Å². The summed E-state index contributed by atoms with van der Waals surface area (Å²) in [5, 5.41) is 0.622. The van der Waals surface area contributed by atoms with Crippen LogP contribution in [0.2, 0.25) is 5.02 Å². The first-order valence-electron chi connectivity index (χ1n) is 6.48. The standard InChI is InChI=1S/C14H14ClN3S/c15-9-6-7-12(16-8-9)13-17-11-5-3-1-2-4-10(11)14(19)18-13/h6-8H,1-5H2,(H,17,18,19). The largest absolute Gasteiger partial charge is 0.342 e. The molecule has 0 unspecified atom stereocenters. The van der Waals surface area contributed by atoms with Gasteiger partial charge in [-0.15, -0.1) is 0 Å². The summed E-state index contributed by atoms with van der Waals surface area (Å²) in [4.78, 5) is 12.2. The van der Waals surface area contributed by atoms with Crippen LogP contribution >= 0.6 is 23.8 Å². The van der Waals surface area contributed by atoms with Gasteiger partial charge in [-0.05, 0) is 37.8 Å². The number of fused-ring (bicyclic) bond motifs is 1. The lowest BCUT2D eigenvalue weighted by molar-refractivity contribution is 0.708. The molecule has 2 aromatic rings. The zero-order valence-corrected chi connectivity index (χ0v) is 12.0. The Bertz CT molecular complexity index is 649. The second kappa shape index (κ2) is 5.39. The summed E-state index contributed by atoms with van der Waals surface area (Å²) in [7, 11) is 0. The number of hydrogen-bond donors (Lipinski definition) is 1. The van der Waals surface area contributed by atoms with Crippen LogP contribution in [-0.2, 0) is 12.8 Å². The van der Waals surface area contributed by atoms with Crippen LogP contribution in [0.4, 0.5) is 0 Å². The van der Waals surface area contributed by atoms with Crippen molar-refractivity contribution in [2.24, 2.45) is 0 Å². The van der Waals surface area contributed by atoms with Crippen LogP contribution in [0.25, 0.3) is 11.5 Å². The molecule has 3 nitrogen and oxygen atoms in total. The molecule has 0 spiro atoms. The second-order valence-electron chi connectivity index (χ2n) is 4.77. The monoisotopic (exact) mass is 291 g/mol. The molecule has 1 N–H and O–H groups in total. The summed E-state index contributed by atoms with van der Waals surface area (Å²) in [6.45, 7) is 0. The van der Waals surface area contributed by atoms with Crippen LogP contribution in [0.15, 0.2) is 18.3 Å². The number of aromatic nitrogens is 3. The summed E-state index contributed by atoms with van der Waals surface area (Å²) in [5.41, 5.74) is 3.22. The van der Waals surface area contributed by atoms with Crippen LogP contribution < -0.4 is 0 Å². The van der Waals surface area contributed by atoms with E-state index in [-0.39, 0.29) is 0 Å². The van der Waals surface area contributed by atoms with Crippen molar-refractivity contribution in [3.8, 4) is 11.5 Å². The molecule has 0 aromatic carbocycles. The molecule has 1 aliphatic rings. The average molecular weight is 292 g/mol. The Balaban J connectivity index is 2.08. The number of nitrogens with zero attached hydrogens (tertiary/aromatic N) is 2. The Kier molecular flexibility index (Phi) is 3.62. The van der Waals surface area contributed by atoms with Crippen LogP contribution in [0.3, 0.4) is 0 Å². The highest BCUT2D eigenvalue weighted by molar-refractivity contribution is 7.71. The first kappa shape index (κ1) is 12.8. The van der Waals surface area contributed by atoms with Gasteiger partial charge < -0.3 is 4.98 Å². The van der Waals surface area contributed by atoms with Gasteiger partial charge in [-0.1, -0.05) is 30.2 Å². The van der Waals surface area contributed by atoms with Crippen molar-refractivity contribution >= 4 is 23.8 Å². The number of halogens is 1. The van der Waals surface area contributed by atoms with E-state index in [1.165, 1.54) is 30.5 Å². The van der Waals surface area contributed by atoms with Gasteiger partial charge >= 0.3 is 0 Å². The highest BCUT2D eigenvalue weighted by Gasteiger charge is 2.13. The van der Waals surface area contributed by atoms with Gasteiger partial charge in [-0.2, -0.15) is 0 Å². The van der Waals surface area contributed by atoms with Gasteiger partial charge in [0.1, 0.15) is 10.3 Å². The van der Waals surface area contributed by atoms with E-state index in [4.69, 9.17) is 23.8 Å². The molecule has 0 radical (unpaired) electrons. The number of nitrogens with one attached hydrogen (secondary N) is 1. The molecule has 98 valence electrons. The van der Waals surface area contributed by atoms with Gasteiger partial charge in [0.05, 0.1) is 5.02 Å². The third-order valence-electron chi connectivity index (χ3n) is 3.43. The maximum absolute atomic E-state index is 5.85. The lowest BCUT2D eigenvalue weighted by Crippen LogP contribution is -2.02. The van der Waals surface area contributed by atoms with Gasteiger partial charge in [0.2, 0.25) is 0 Å². The molecule has 0 fully saturated rings. The van der Waals surface area contributed by atoms with Crippen LogP contribution in [0, 0.1) is 4.64 Å². The fraction of sp³-hybridized carbons (Fsp3) is 0.357. The molecule has 5 heteroatoms. The van der Waals surface area contributed by atoms with Crippen molar-refractivity contribution in [1.82, 2.24) is 15.0 Å². The lowest BCUT2D eigenvalue weighted by Gasteiger charge is -2.09. The van der Waals surface area contributed by atoms with Gasteiger partial charge in [0, 0.05) is 17.5 Å². The molecule has 0 aliphatic heterocycles. The fourth-order valence-corrected chi connectivity index (χ4v) is 2.86. The minimum Gasteiger partial charge on any atom is -0.342 e. The Morgan fingerprint density at radius 2 is 2.00 bits per heavy atom. The van der Waals surface area contributed by atoms with Gasteiger partial charge in [0.15, 0.2) is 5.82 Å². The molecule has 3 rings (SSSR count). The molecule has 0 bridgehead atoms. The fourth-order valence-electron chi connectivity index (χ4n) is 2.43. The minimum absolute atomic E-state index is 0.622. The average Bonchev–Trinajstić information content (AvgIpc) is 2.65. The number of pyridine rings is 1. The van der Waals surface area contributed by atoms with Crippen molar-refractivity contribution in [3.05, 3.63) is 39.3 Å². The normalized spacial score (nSPS) is 14.8. The van der Waals surface area contributed by atoms with E-state index in [1.54, 1.807) is 6.20 Å². The maximum atomic E-state index is 5.85. The number of H-pyrrole nitrogens is 1. The second-order valence-corrected chi connectivity index (χ2v) is 5.59. The number of hydrogen-bond acceptors (Lipinski definition) is 3. The third kappa shape index (κ3) is 2.69. The summed E-state index contributed by atoms with van der Waals surface area (Å²) in [5.74, 6) is 0.738. The Morgan fingerprint density at radius 3 is 2.79 bits per heavy atom. The molecule has 2 heterocycles. The summed E-state index contributed by atoms with van der Waals surface area (Å²) >= 11 is 11.3. The van der Waals surface area contributed by atoms with Crippen molar-refractivity contribution in [2.45, 2.75) is 32.1 Å². The lowest BCUT2D eigenvalue weighted by atomic mass is 10.1. The number of aryl methyl sites for hydroxylation is 1. The zero-order valence-electron chi connectivity index (χ0n) is 10.4. The highest BCUT2D eigenvalue weighted by atomic mass is 35.5. The SMILES string of the molecule is S=c1nc(-c2ccc(Cl)cn2)[nH]c2c1CCCCC2. The topological polar surface area (TPSA) is 41.6 Å². The van der Waals surface area contributed by atoms with Gasteiger partial charge in [-0.25, -0.2) is 4.98 Å². The first-order valence-corrected chi connectivity index (χ1v) is 7.26. The van der Waals surface area contributed by atoms with Crippen molar-refractivity contribution < 1.29 is 0 Å². The minimum atomic E-state index is 0.622. The predicted molar refractivity (Wildman–Crippen MR) is 78.9 cm³/mol. The Labute approximate surface area is 122 Å². The third-order valence-corrected chi connectivity index (χ3v) is 3.99. The molecule has 2 aromatic heterocycles. The smallest absolute Gasteiger partial charge is 0.157 e. The highest BCUT2D eigenvalue weighted by Crippen LogP contribution is 2.22. The van der Waals surface area contributed by atoms with Crippen LogP contribution in [0.5, 0.6) is 0 Å². The summed E-state index contributed by atoms with van der Waals surface area (Å²) in [6.07, 6.45) is 7.36. The van der Waals surface area contributed by atoms with Crippen LogP contribution in [-0.4, -0.2) is 15.0 Å². The van der Waals surface area contributed by atoms with E-state index in [0.29, 0.717) is 9.66 Å². The molecular weight excluding hydrogens is 278 g/mol. The van der Waals surface area contributed by atoms with Crippen molar-refractivity contribution in [2.75, 3.05) is 0 Å². The van der Waals surface area contributed by atoms with Gasteiger partial charge in [-0.3, -0.25) is 4.98 Å². The Hall–Kier alpha value is -1.26. The molecule has 0 saturated carbocycles. The molecule has 1 aliphatic carbocycles. The first-order chi connectivity index (χ1) is 9.24. The van der Waals surface area contributed by atoms with Crippen molar-refractivity contribution in [1.29, 1.82) is 0 Å². The van der Waals surface area contributed by atoms with Crippen LogP contribution in [0.1, 0.15) is 30.5 Å². The maximum Gasteiger partial charge on any atom is 0.157 e. The molecular formula is C14H14ClN3S. The van der Waals surface area contributed by atoms with E-state index in [9.17, 15) is 0 Å². The van der Waals surface area contributed by atoms with E-state index in [1.807, 2.05) is 12.1 Å². The van der Waals surface area contributed by atoms with E-state index in [2.05, 4.69) is 15.0 Å². The number of rotatable bonds is 1. The van der Waals surface area contributed by atoms with E-state index >= 15 is 0 Å². The van der Waals surface area contributed by atoms with E-state index in [0.717, 1.165) is 24.4 Å². The summed E-state index contributed by atoms with van der Waals surface area (Å²) in [6, 6.07) is 3.67.